The molecule has 6 heteroatoms. The topological polar surface area (TPSA) is 81.4 Å². The fourth-order valence-corrected chi connectivity index (χ4v) is 3.79. The Morgan fingerprint density at radius 1 is 1.26 bits per heavy atom. The van der Waals surface area contributed by atoms with Crippen LogP contribution in [0.2, 0.25) is 0 Å². The fourth-order valence-electron chi connectivity index (χ4n) is 1.91. The van der Waals surface area contributed by atoms with Crippen LogP contribution in [0.4, 0.5) is 0 Å². The van der Waals surface area contributed by atoms with Gasteiger partial charge in [0, 0.05) is 12.1 Å². The molecule has 19 heavy (non-hydrogen) atoms. The summed E-state index contributed by atoms with van der Waals surface area (Å²) in [5, 5.41) is 0. The second-order valence-corrected chi connectivity index (χ2v) is 6.90. The van der Waals surface area contributed by atoms with Gasteiger partial charge in [-0.05, 0) is 51.0 Å². The molecule has 0 fully saturated rings. The van der Waals surface area contributed by atoms with E-state index in [1.165, 1.54) is 0 Å². The van der Waals surface area contributed by atoms with Gasteiger partial charge in [-0.2, -0.15) is 0 Å². The normalized spacial score (nSPS) is 12.5. The van der Waals surface area contributed by atoms with Gasteiger partial charge >= 0.3 is 0 Å². The van der Waals surface area contributed by atoms with Gasteiger partial charge in [0.05, 0.1) is 12.0 Å². The van der Waals surface area contributed by atoms with Crippen molar-refractivity contribution in [3.8, 4) is 5.75 Å². The summed E-state index contributed by atoms with van der Waals surface area (Å²) in [4.78, 5) is 0.287. The highest BCUT2D eigenvalue weighted by atomic mass is 32.2. The van der Waals surface area contributed by atoms with Crippen molar-refractivity contribution >= 4 is 10.0 Å². The van der Waals surface area contributed by atoms with Crippen LogP contribution in [0.1, 0.15) is 25.0 Å². The molecule has 1 aromatic carbocycles. The van der Waals surface area contributed by atoms with E-state index in [0.29, 0.717) is 16.9 Å². The van der Waals surface area contributed by atoms with Crippen LogP contribution in [0.25, 0.3) is 0 Å². The van der Waals surface area contributed by atoms with Crippen molar-refractivity contribution in [1.82, 2.24) is 4.72 Å². The molecule has 1 rings (SSSR count). The number of aryl methyl sites for hydroxylation is 2. The summed E-state index contributed by atoms with van der Waals surface area (Å²) >= 11 is 0. The molecule has 0 saturated carbocycles. The number of ether oxygens (including phenoxy) is 1. The number of nitrogens with one attached hydrogen (secondary N) is 1. The molecule has 5 nitrogen and oxygen atoms in total. The van der Waals surface area contributed by atoms with Crippen molar-refractivity contribution in [1.29, 1.82) is 0 Å². The molecule has 0 unspecified atom stereocenters. The number of hydrogen-bond donors (Lipinski definition) is 2. The first-order valence-corrected chi connectivity index (χ1v) is 7.50. The minimum atomic E-state index is -3.60. The summed E-state index contributed by atoms with van der Waals surface area (Å²) in [6.45, 7) is 7.22. The van der Waals surface area contributed by atoms with E-state index in [-0.39, 0.29) is 11.4 Å². The molecule has 0 aliphatic heterocycles. The van der Waals surface area contributed by atoms with Crippen molar-refractivity contribution in [2.45, 2.75) is 38.1 Å². The van der Waals surface area contributed by atoms with E-state index in [0.717, 1.165) is 0 Å². The zero-order chi connectivity index (χ0) is 14.8. The predicted molar refractivity (Wildman–Crippen MR) is 75.9 cm³/mol. The maximum Gasteiger partial charge on any atom is 0.241 e. The largest absolute Gasteiger partial charge is 0.497 e. The Hall–Kier alpha value is -1.11. The second kappa shape index (κ2) is 5.48. The van der Waals surface area contributed by atoms with Gasteiger partial charge < -0.3 is 10.5 Å². The molecule has 0 radical (unpaired) electrons. The lowest BCUT2D eigenvalue weighted by Gasteiger charge is -2.25. The molecular formula is C13H22N2O3S. The lowest BCUT2D eigenvalue weighted by Crippen LogP contribution is -2.48. The molecule has 108 valence electrons. The molecule has 0 aliphatic rings. The number of benzene rings is 1. The van der Waals surface area contributed by atoms with Crippen LogP contribution < -0.4 is 15.2 Å². The first-order chi connectivity index (χ1) is 8.63. The Bertz CT molecular complexity index is 542. The summed E-state index contributed by atoms with van der Waals surface area (Å²) in [5.41, 5.74) is 6.18. The summed E-state index contributed by atoms with van der Waals surface area (Å²) in [6, 6.07) is 3.41. The van der Waals surface area contributed by atoms with Crippen molar-refractivity contribution in [3.63, 3.8) is 0 Å². The third-order valence-corrected chi connectivity index (χ3v) is 4.86. The van der Waals surface area contributed by atoms with Crippen LogP contribution in [0, 0.1) is 13.8 Å². The highest BCUT2D eigenvalue weighted by molar-refractivity contribution is 7.89. The SMILES string of the molecule is COc1cc(C)c(S(=O)(=O)NC(C)(C)CN)c(C)c1. The maximum atomic E-state index is 12.4. The molecule has 0 heterocycles. The number of nitrogens with two attached hydrogens (primary N) is 1. The third kappa shape index (κ3) is 3.68. The number of methoxy groups -OCH3 is 1. The molecule has 0 spiro atoms. The Kier molecular flexibility index (Phi) is 4.60. The summed E-state index contributed by atoms with van der Waals surface area (Å²) in [6.07, 6.45) is 0. The van der Waals surface area contributed by atoms with Gasteiger partial charge in [0.2, 0.25) is 10.0 Å². The van der Waals surface area contributed by atoms with E-state index in [1.807, 2.05) is 0 Å². The number of hydrogen-bond acceptors (Lipinski definition) is 4. The van der Waals surface area contributed by atoms with Gasteiger partial charge in [0.1, 0.15) is 5.75 Å². The zero-order valence-electron chi connectivity index (χ0n) is 12.1. The van der Waals surface area contributed by atoms with E-state index in [4.69, 9.17) is 10.5 Å². The summed E-state index contributed by atoms with van der Waals surface area (Å²) in [7, 11) is -2.05. The van der Waals surface area contributed by atoms with Gasteiger partial charge in [-0.3, -0.25) is 0 Å². The number of rotatable bonds is 5. The van der Waals surface area contributed by atoms with E-state index in [2.05, 4.69) is 4.72 Å². The van der Waals surface area contributed by atoms with Crippen LogP contribution in [-0.4, -0.2) is 27.6 Å². The molecule has 0 saturated heterocycles. The Balaban J connectivity index is 3.30. The smallest absolute Gasteiger partial charge is 0.241 e. The van der Waals surface area contributed by atoms with Gasteiger partial charge in [-0.1, -0.05) is 0 Å². The predicted octanol–water partition coefficient (Wildman–Crippen LogP) is 1.33. The third-order valence-electron chi connectivity index (χ3n) is 2.86. The molecule has 1 aromatic rings. The van der Waals surface area contributed by atoms with Crippen molar-refractivity contribution in [2.24, 2.45) is 5.73 Å². The van der Waals surface area contributed by atoms with E-state index < -0.39 is 15.6 Å². The highest BCUT2D eigenvalue weighted by Crippen LogP contribution is 2.26. The fraction of sp³-hybridized carbons (Fsp3) is 0.538. The standard InChI is InChI=1S/C13H22N2O3S/c1-9-6-11(18-5)7-10(2)12(9)19(16,17)15-13(3,4)8-14/h6-7,15H,8,14H2,1-5H3. The first-order valence-electron chi connectivity index (χ1n) is 6.02. The van der Waals surface area contributed by atoms with Crippen LogP contribution in [0.15, 0.2) is 17.0 Å². The van der Waals surface area contributed by atoms with Gasteiger partial charge in [0.25, 0.3) is 0 Å². The first kappa shape index (κ1) is 15.9. The monoisotopic (exact) mass is 286 g/mol. The quantitative estimate of drug-likeness (QED) is 0.855. The van der Waals surface area contributed by atoms with Crippen molar-refractivity contribution in [3.05, 3.63) is 23.3 Å². The van der Waals surface area contributed by atoms with E-state index in [1.54, 1.807) is 46.9 Å². The minimum absolute atomic E-state index is 0.223. The highest BCUT2D eigenvalue weighted by Gasteiger charge is 2.27. The summed E-state index contributed by atoms with van der Waals surface area (Å²) in [5.74, 6) is 0.645. The molecule has 3 N–H and O–H groups in total. The average molecular weight is 286 g/mol. The molecule has 0 aliphatic carbocycles. The average Bonchev–Trinajstić information content (AvgIpc) is 2.26. The lowest BCUT2D eigenvalue weighted by molar-refractivity contribution is 0.413. The van der Waals surface area contributed by atoms with Crippen LogP contribution in [0.3, 0.4) is 0 Å². The molecular weight excluding hydrogens is 264 g/mol. The Labute approximate surface area is 115 Å². The van der Waals surface area contributed by atoms with Gasteiger partial charge in [-0.15, -0.1) is 0 Å². The maximum absolute atomic E-state index is 12.4. The number of sulfonamides is 1. The van der Waals surface area contributed by atoms with Crippen molar-refractivity contribution in [2.75, 3.05) is 13.7 Å². The summed E-state index contributed by atoms with van der Waals surface area (Å²) < 4.78 is 32.6. The Morgan fingerprint density at radius 3 is 2.11 bits per heavy atom. The molecule has 0 amide bonds. The zero-order valence-corrected chi connectivity index (χ0v) is 12.9. The van der Waals surface area contributed by atoms with Crippen LogP contribution >= 0.6 is 0 Å². The Morgan fingerprint density at radius 2 is 1.74 bits per heavy atom. The van der Waals surface area contributed by atoms with E-state index >= 15 is 0 Å². The van der Waals surface area contributed by atoms with Gasteiger partial charge in [0.15, 0.2) is 0 Å². The molecule has 0 atom stereocenters. The van der Waals surface area contributed by atoms with Crippen LogP contribution in [-0.2, 0) is 10.0 Å². The van der Waals surface area contributed by atoms with E-state index in [9.17, 15) is 8.42 Å². The van der Waals surface area contributed by atoms with Crippen LogP contribution in [0.5, 0.6) is 5.75 Å². The molecule has 0 aromatic heterocycles. The van der Waals surface area contributed by atoms with Crippen molar-refractivity contribution < 1.29 is 13.2 Å². The minimum Gasteiger partial charge on any atom is -0.497 e. The second-order valence-electron chi connectivity index (χ2n) is 5.28. The lowest BCUT2D eigenvalue weighted by atomic mass is 10.1. The molecule has 0 bridgehead atoms. The van der Waals surface area contributed by atoms with Gasteiger partial charge in [-0.25, -0.2) is 13.1 Å².